The zero-order valence-corrected chi connectivity index (χ0v) is 16.0. The molecule has 0 unspecified atom stereocenters. The third-order valence-corrected chi connectivity index (χ3v) is 5.00. The molecule has 7 nitrogen and oxygen atoms in total. The lowest BCUT2D eigenvalue weighted by Crippen LogP contribution is -2.34. The van der Waals surface area contributed by atoms with Gasteiger partial charge in [-0.3, -0.25) is 0 Å². The first-order valence-electron chi connectivity index (χ1n) is 8.87. The van der Waals surface area contributed by atoms with Crippen molar-refractivity contribution in [1.29, 1.82) is 0 Å². The number of rotatable bonds is 2. The summed E-state index contributed by atoms with van der Waals surface area (Å²) in [5.74, 6) is 2.01. The lowest BCUT2D eigenvalue weighted by Gasteiger charge is -2.31. The van der Waals surface area contributed by atoms with E-state index in [0.717, 1.165) is 49.0 Å². The molecule has 8 heteroatoms. The van der Waals surface area contributed by atoms with Crippen LogP contribution in [0, 0.1) is 0 Å². The fourth-order valence-corrected chi connectivity index (χ4v) is 3.36. The average molecular weight is 372 g/mol. The molecular formula is C18H22ClN7. The molecular weight excluding hydrogens is 350 g/mol. The Morgan fingerprint density at radius 3 is 2.38 bits per heavy atom. The maximum Gasteiger partial charge on any atom is 0.225 e. The van der Waals surface area contributed by atoms with Crippen molar-refractivity contribution in [3.05, 3.63) is 41.1 Å². The van der Waals surface area contributed by atoms with Gasteiger partial charge < -0.3 is 4.90 Å². The topological polar surface area (TPSA) is 72.1 Å². The molecule has 1 fully saturated rings. The second kappa shape index (κ2) is 6.46. The molecule has 0 spiro atoms. The molecule has 0 bridgehead atoms. The van der Waals surface area contributed by atoms with Crippen molar-refractivity contribution >= 4 is 23.2 Å². The van der Waals surface area contributed by atoms with Crippen LogP contribution in [0.4, 0.5) is 5.95 Å². The largest absolute Gasteiger partial charge is 0.341 e. The van der Waals surface area contributed by atoms with Gasteiger partial charge in [0.15, 0.2) is 11.5 Å². The maximum absolute atomic E-state index is 5.87. The Balaban J connectivity index is 1.55. The van der Waals surface area contributed by atoms with E-state index < -0.39 is 0 Å². The minimum Gasteiger partial charge on any atom is -0.341 e. The molecule has 0 saturated carbocycles. The summed E-state index contributed by atoms with van der Waals surface area (Å²) in [5.41, 5.74) is 1.83. The van der Waals surface area contributed by atoms with Gasteiger partial charge in [-0.05, 0) is 25.0 Å². The molecule has 0 aliphatic carbocycles. The first-order valence-corrected chi connectivity index (χ1v) is 9.25. The van der Waals surface area contributed by atoms with Gasteiger partial charge in [-0.2, -0.15) is 9.61 Å². The van der Waals surface area contributed by atoms with Crippen molar-refractivity contribution in [1.82, 2.24) is 29.8 Å². The minimum atomic E-state index is -0.00891. The van der Waals surface area contributed by atoms with E-state index in [1.54, 1.807) is 12.4 Å². The van der Waals surface area contributed by atoms with Gasteiger partial charge in [-0.1, -0.05) is 32.4 Å². The minimum absolute atomic E-state index is 0.00891. The van der Waals surface area contributed by atoms with Gasteiger partial charge in [0.05, 0.1) is 23.1 Å². The van der Waals surface area contributed by atoms with Crippen LogP contribution < -0.4 is 4.90 Å². The van der Waals surface area contributed by atoms with Crippen molar-refractivity contribution in [3.8, 4) is 0 Å². The molecule has 1 saturated heterocycles. The maximum atomic E-state index is 5.87. The smallest absolute Gasteiger partial charge is 0.225 e. The molecule has 3 aromatic rings. The highest BCUT2D eigenvalue weighted by atomic mass is 35.5. The molecule has 1 aliphatic rings. The molecule has 0 aromatic carbocycles. The lowest BCUT2D eigenvalue weighted by atomic mass is 9.92. The van der Waals surface area contributed by atoms with Gasteiger partial charge in [0, 0.05) is 24.4 Å². The van der Waals surface area contributed by atoms with E-state index in [0.29, 0.717) is 10.9 Å². The van der Waals surface area contributed by atoms with Gasteiger partial charge in [0.2, 0.25) is 5.95 Å². The SMILES string of the molecule is CC(C)(C)c1ccc2nnc(C3CCN(c4ncc(Cl)cn4)CC3)n2n1. The third kappa shape index (κ3) is 3.23. The van der Waals surface area contributed by atoms with E-state index in [9.17, 15) is 0 Å². The van der Waals surface area contributed by atoms with Gasteiger partial charge in [-0.15, -0.1) is 10.2 Å². The Hall–Kier alpha value is -2.28. The van der Waals surface area contributed by atoms with Gasteiger partial charge in [-0.25, -0.2) is 9.97 Å². The molecule has 4 heterocycles. The van der Waals surface area contributed by atoms with Crippen LogP contribution in [0.1, 0.15) is 51.0 Å². The summed E-state index contributed by atoms with van der Waals surface area (Å²) in [4.78, 5) is 10.8. The molecule has 0 atom stereocenters. The Morgan fingerprint density at radius 1 is 1.04 bits per heavy atom. The molecule has 0 radical (unpaired) electrons. The highest BCUT2D eigenvalue weighted by molar-refractivity contribution is 6.30. The van der Waals surface area contributed by atoms with Crippen molar-refractivity contribution < 1.29 is 0 Å². The quantitative estimate of drug-likeness (QED) is 0.688. The second-order valence-corrected chi connectivity index (χ2v) is 8.20. The summed E-state index contributed by atoms with van der Waals surface area (Å²) in [5, 5.41) is 14.1. The van der Waals surface area contributed by atoms with Crippen LogP contribution in [-0.4, -0.2) is 42.9 Å². The Morgan fingerprint density at radius 2 is 1.73 bits per heavy atom. The normalized spacial score (nSPS) is 16.4. The van der Waals surface area contributed by atoms with E-state index >= 15 is 0 Å². The summed E-state index contributed by atoms with van der Waals surface area (Å²) in [6.07, 6.45) is 5.21. The summed E-state index contributed by atoms with van der Waals surface area (Å²) in [7, 11) is 0. The van der Waals surface area contributed by atoms with Crippen molar-refractivity contribution in [2.24, 2.45) is 0 Å². The van der Waals surface area contributed by atoms with Crippen LogP contribution in [0.5, 0.6) is 0 Å². The fourth-order valence-electron chi connectivity index (χ4n) is 3.27. The lowest BCUT2D eigenvalue weighted by molar-refractivity contribution is 0.468. The summed E-state index contributed by atoms with van der Waals surface area (Å²) in [6.45, 7) is 8.24. The highest BCUT2D eigenvalue weighted by Gasteiger charge is 2.27. The summed E-state index contributed by atoms with van der Waals surface area (Å²) < 4.78 is 1.92. The molecule has 1 aliphatic heterocycles. The number of piperidine rings is 1. The predicted octanol–water partition coefficient (Wildman–Crippen LogP) is 3.25. The average Bonchev–Trinajstić information content (AvgIpc) is 3.05. The number of halogens is 1. The number of hydrogen-bond donors (Lipinski definition) is 0. The Labute approximate surface area is 157 Å². The Bertz CT molecular complexity index is 905. The van der Waals surface area contributed by atoms with E-state index in [4.69, 9.17) is 16.7 Å². The monoisotopic (exact) mass is 371 g/mol. The number of hydrogen-bond acceptors (Lipinski definition) is 6. The van der Waals surface area contributed by atoms with Crippen LogP contribution in [0.25, 0.3) is 5.65 Å². The van der Waals surface area contributed by atoms with Crippen LogP contribution in [0.3, 0.4) is 0 Å². The highest BCUT2D eigenvalue weighted by Crippen LogP contribution is 2.29. The van der Waals surface area contributed by atoms with Crippen molar-refractivity contribution in [2.75, 3.05) is 18.0 Å². The molecule has 0 amide bonds. The first-order chi connectivity index (χ1) is 12.4. The predicted molar refractivity (Wildman–Crippen MR) is 101 cm³/mol. The van der Waals surface area contributed by atoms with E-state index in [-0.39, 0.29) is 5.41 Å². The molecule has 4 rings (SSSR count). The summed E-state index contributed by atoms with van der Waals surface area (Å²) in [6, 6.07) is 4.04. The third-order valence-electron chi connectivity index (χ3n) is 4.81. The van der Waals surface area contributed by atoms with Gasteiger partial charge >= 0.3 is 0 Å². The number of anilines is 1. The van der Waals surface area contributed by atoms with E-state index in [1.807, 2.05) is 16.6 Å². The molecule has 26 heavy (non-hydrogen) atoms. The van der Waals surface area contributed by atoms with E-state index in [2.05, 4.69) is 45.8 Å². The first kappa shape index (κ1) is 17.1. The van der Waals surface area contributed by atoms with Gasteiger partial charge in [0.25, 0.3) is 0 Å². The van der Waals surface area contributed by atoms with Crippen LogP contribution in [-0.2, 0) is 5.41 Å². The number of nitrogens with zero attached hydrogens (tertiary/aromatic N) is 7. The van der Waals surface area contributed by atoms with Crippen LogP contribution >= 0.6 is 11.6 Å². The second-order valence-electron chi connectivity index (χ2n) is 7.76. The number of aromatic nitrogens is 6. The fraction of sp³-hybridized carbons (Fsp3) is 0.500. The standard InChI is InChI=1S/C18H22ClN7/c1-18(2,3)14-4-5-15-22-23-16(26(15)24-14)12-6-8-25(9-7-12)17-20-10-13(19)11-21-17/h4-5,10-12H,6-9H2,1-3H3. The molecule has 0 N–H and O–H groups in total. The number of fused-ring (bicyclic) bond motifs is 1. The molecule has 136 valence electrons. The van der Waals surface area contributed by atoms with Gasteiger partial charge in [0.1, 0.15) is 0 Å². The van der Waals surface area contributed by atoms with E-state index in [1.165, 1.54) is 0 Å². The van der Waals surface area contributed by atoms with Crippen LogP contribution in [0.15, 0.2) is 24.5 Å². The summed E-state index contributed by atoms with van der Waals surface area (Å²) >= 11 is 5.87. The zero-order chi connectivity index (χ0) is 18.3. The van der Waals surface area contributed by atoms with Crippen molar-refractivity contribution in [3.63, 3.8) is 0 Å². The molecule has 3 aromatic heterocycles. The van der Waals surface area contributed by atoms with Crippen LogP contribution in [0.2, 0.25) is 5.02 Å². The zero-order valence-electron chi connectivity index (χ0n) is 15.2. The van der Waals surface area contributed by atoms with Crippen molar-refractivity contribution in [2.45, 2.75) is 44.9 Å². The Kier molecular flexibility index (Phi) is 4.26.